The first-order valence-corrected chi connectivity index (χ1v) is 8.35. The van der Waals surface area contributed by atoms with E-state index in [1.165, 1.54) is 0 Å². The third-order valence-corrected chi connectivity index (χ3v) is 4.32. The fourth-order valence-electron chi connectivity index (χ4n) is 2.52. The lowest BCUT2D eigenvalue weighted by molar-refractivity contribution is 0.267. The maximum Gasteiger partial charge on any atom is 0.254 e. The molecule has 1 aromatic heterocycles. The van der Waals surface area contributed by atoms with E-state index in [4.69, 9.17) is 32.4 Å². The van der Waals surface area contributed by atoms with E-state index in [0.717, 1.165) is 16.3 Å². The first kappa shape index (κ1) is 15.9. The van der Waals surface area contributed by atoms with Crippen molar-refractivity contribution < 1.29 is 9.15 Å². The van der Waals surface area contributed by atoms with E-state index in [1.54, 1.807) is 12.1 Å². The zero-order valence-corrected chi connectivity index (χ0v) is 14.5. The molecule has 0 aliphatic carbocycles. The number of halogens is 2. The molecule has 124 valence electrons. The van der Waals surface area contributed by atoms with Crippen LogP contribution in [0.5, 0.6) is 5.75 Å². The van der Waals surface area contributed by atoms with Gasteiger partial charge in [0.1, 0.15) is 5.75 Å². The lowest BCUT2D eigenvalue weighted by Crippen LogP contribution is -1.96. The Morgan fingerprint density at radius 2 is 1.60 bits per heavy atom. The van der Waals surface area contributed by atoms with E-state index in [2.05, 4.69) is 10.2 Å². The Bertz CT molecular complexity index is 1030. The van der Waals surface area contributed by atoms with Crippen molar-refractivity contribution in [2.24, 2.45) is 0 Å². The summed E-state index contributed by atoms with van der Waals surface area (Å²) < 4.78 is 11.5. The van der Waals surface area contributed by atoms with Crippen LogP contribution in [-0.2, 0) is 6.61 Å². The van der Waals surface area contributed by atoms with Gasteiger partial charge in [-0.25, -0.2) is 0 Å². The molecule has 0 aliphatic heterocycles. The van der Waals surface area contributed by atoms with Gasteiger partial charge in [0, 0.05) is 26.4 Å². The Morgan fingerprint density at radius 3 is 2.40 bits per heavy atom. The summed E-state index contributed by atoms with van der Waals surface area (Å²) in [6.45, 7) is 0.173. The van der Waals surface area contributed by atoms with Crippen molar-refractivity contribution in [2.45, 2.75) is 6.61 Å². The van der Waals surface area contributed by atoms with Gasteiger partial charge in [-0.05, 0) is 36.4 Å². The van der Waals surface area contributed by atoms with Crippen LogP contribution >= 0.6 is 23.2 Å². The summed E-state index contributed by atoms with van der Waals surface area (Å²) in [7, 11) is 0. The molecule has 0 aliphatic rings. The molecule has 0 N–H and O–H groups in total. The van der Waals surface area contributed by atoms with Crippen molar-refractivity contribution in [1.82, 2.24) is 10.2 Å². The molecule has 6 heteroatoms. The molecule has 4 nitrogen and oxygen atoms in total. The molecule has 0 atom stereocenters. The number of rotatable bonds is 4. The summed E-state index contributed by atoms with van der Waals surface area (Å²) >= 11 is 12.1. The largest absolute Gasteiger partial charge is 0.483 e. The van der Waals surface area contributed by atoms with Crippen LogP contribution in [-0.4, -0.2) is 10.2 Å². The fraction of sp³-hybridized carbons (Fsp3) is 0.0526. The summed E-state index contributed by atoms with van der Waals surface area (Å²) in [5, 5.41) is 11.3. The zero-order valence-electron chi connectivity index (χ0n) is 12.9. The minimum Gasteiger partial charge on any atom is -0.483 e. The van der Waals surface area contributed by atoms with Crippen molar-refractivity contribution in [3.05, 3.63) is 76.6 Å². The maximum atomic E-state index is 6.22. The number of aromatic nitrogens is 2. The van der Waals surface area contributed by atoms with E-state index in [-0.39, 0.29) is 6.61 Å². The van der Waals surface area contributed by atoms with Crippen molar-refractivity contribution >= 4 is 34.0 Å². The van der Waals surface area contributed by atoms with E-state index in [1.807, 2.05) is 48.5 Å². The highest BCUT2D eigenvalue weighted by atomic mass is 35.5. The number of hydrogen-bond acceptors (Lipinski definition) is 4. The first-order chi connectivity index (χ1) is 12.2. The van der Waals surface area contributed by atoms with Gasteiger partial charge in [-0.2, -0.15) is 0 Å². The van der Waals surface area contributed by atoms with Gasteiger partial charge in [0.05, 0.1) is 0 Å². The Morgan fingerprint density at radius 1 is 0.840 bits per heavy atom. The van der Waals surface area contributed by atoms with Crippen molar-refractivity contribution in [3.63, 3.8) is 0 Å². The minimum atomic E-state index is 0.173. The molecule has 4 aromatic rings. The molecule has 25 heavy (non-hydrogen) atoms. The molecular formula is C19H12Cl2N2O2. The van der Waals surface area contributed by atoms with Crippen LogP contribution in [0.15, 0.2) is 65.1 Å². The normalized spacial score (nSPS) is 11.0. The summed E-state index contributed by atoms with van der Waals surface area (Å²) in [5.41, 5.74) is 0.806. The Balaban J connectivity index is 1.55. The fourth-order valence-corrected chi connectivity index (χ4v) is 2.87. The van der Waals surface area contributed by atoms with Gasteiger partial charge in [0.25, 0.3) is 5.89 Å². The van der Waals surface area contributed by atoms with Crippen LogP contribution in [0.2, 0.25) is 10.0 Å². The number of hydrogen-bond donors (Lipinski definition) is 0. The third kappa shape index (κ3) is 3.31. The zero-order chi connectivity index (χ0) is 17.2. The first-order valence-electron chi connectivity index (χ1n) is 7.59. The molecule has 0 radical (unpaired) electrons. The standard InChI is InChI=1S/C19H12Cl2N2O2/c20-13-7-5-12(6-8-13)19-23-22-18(25-19)11-24-17-10-9-16(21)14-3-1-2-4-15(14)17/h1-10H,11H2. The summed E-state index contributed by atoms with van der Waals surface area (Å²) in [6.07, 6.45) is 0. The van der Waals surface area contributed by atoms with Crippen LogP contribution < -0.4 is 4.74 Å². The predicted octanol–water partition coefficient (Wildman–Crippen LogP) is 5.78. The summed E-state index contributed by atoms with van der Waals surface area (Å²) in [5.74, 6) is 1.53. The highest BCUT2D eigenvalue weighted by Gasteiger charge is 2.11. The average molecular weight is 371 g/mol. The Hall–Kier alpha value is -2.56. The van der Waals surface area contributed by atoms with E-state index >= 15 is 0 Å². The minimum absolute atomic E-state index is 0.173. The summed E-state index contributed by atoms with van der Waals surface area (Å²) in [4.78, 5) is 0. The molecule has 3 aromatic carbocycles. The molecule has 0 saturated heterocycles. The molecule has 0 bridgehead atoms. The second-order valence-corrected chi connectivity index (χ2v) is 6.23. The van der Waals surface area contributed by atoms with Crippen molar-refractivity contribution in [1.29, 1.82) is 0 Å². The smallest absolute Gasteiger partial charge is 0.254 e. The van der Waals surface area contributed by atoms with Crippen LogP contribution in [0.1, 0.15) is 5.89 Å². The van der Waals surface area contributed by atoms with Gasteiger partial charge in [-0.1, -0.05) is 47.5 Å². The van der Waals surface area contributed by atoms with Gasteiger partial charge in [-0.3, -0.25) is 0 Å². The second kappa shape index (κ2) is 6.75. The monoisotopic (exact) mass is 370 g/mol. The van der Waals surface area contributed by atoms with E-state index in [0.29, 0.717) is 27.6 Å². The second-order valence-electron chi connectivity index (χ2n) is 5.39. The third-order valence-electron chi connectivity index (χ3n) is 3.74. The lowest BCUT2D eigenvalue weighted by Gasteiger charge is -2.08. The number of nitrogens with zero attached hydrogens (tertiary/aromatic N) is 2. The van der Waals surface area contributed by atoms with Gasteiger partial charge in [0.15, 0.2) is 6.61 Å². The van der Waals surface area contributed by atoms with Gasteiger partial charge < -0.3 is 9.15 Å². The predicted molar refractivity (Wildman–Crippen MR) is 98.0 cm³/mol. The topological polar surface area (TPSA) is 48.2 Å². The molecular weight excluding hydrogens is 359 g/mol. The molecule has 4 rings (SSSR count). The van der Waals surface area contributed by atoms with E-state index < -0.39 is 0 Å². The Kier molecular flexibility index (Phi) is 4.30. The number of ether oxygens (including phenoxy) is 1. The molecule has 0 unspecified atom stereocenters. The van der Waals surface area contributed by atoms with Gasteiger partial charge in [0.2, 0.25) is 5.89 Å². The maximum absolute atomic E-state index is 6.22. The van der Waals surface area contributed by atoms with Crippen LogP contribution in [0.4, 0.5) is 0 Å². The number of benzene rings is 3. The quantitative estimate of drug-likeness (QED) is 0.457. The number of fused-ring (bicyclic) bond motifs is 1. The molecule has 0 amide bonds. The van der Waals surface area contributed by atoms with Crippen molar-refractivity contribution in [2.75, 3.05) is 0 Å². The SMILES string of the molecule is Clc1ccc(-c2nnc(COc3ccc(Cl)c4ccccc34)o2)cc1. The van der Waals surface area contributed by atoms with Crippen molar-refractivity contribution in [3.8, 4) is 17.2 Å². The molecule has 0 spiro atoms. The van der Waals surface area contributed by atoms with Gasteiger partial charge in [-0.15, -0.1) is 10.2 Å². The van der Waals surface area contributed by atoms with Crippen LogP contribution in [0.3, 0.4) is 0 Å². The summed E-state index contributed by atoms with van der Waals surface area (Å²) in [6, 6.07) is 18.6. The highest BCUT2D eigenvalue weighted by molar-refractivity contribution is 6.35. The van der Waals surface area contributed by atoms with Crippen LogP contribution in [0.25, 0.3) is 22.2 Å². The highest BCUT2D eigenvalue weighted by Crippen LogP contribution is 2.31. The molecule has 0 saturated carbocycles. The molecule has 0 fully saturated rings. The lowest BCUT2D eigenvalue weighted by atomic mass is 10.1. The molecule has 1 heterocycles. The average Bonchev–Trinajstić information content (AvgIpc) is 3.11. The van der Waals surface area contributed by atoms with Gasteiger partial charge >= 0.3 is 0 Å². The van der Waals surface area contributed by atoms with E-state index in [9.17, 15) is 0 Å². The van der Waals surface area contributed by atoms with Crippen LogP contribution in [0, 0.1) is 0 Å². The Labute approximate surface area is 154 Å².